The van der Waals surface area contributed by atoms with Crippen LogP contribution >= 0.6 is 24.0 Å². The largest absolute Gasteiger partial charge is 0.379 e. The van der Waals surface area contributed by atoms with E-state index in [1.807, 2.05) is 6.07 Å². The number of nitrogens with zero attached hydrogens (tertiary/aromatic N) is 4. The van der Waals surface area contributed by atoms with Crippen LogP contribution in [0, 0.1) is 0 Å². The Labute approximate surface area is 203 Å². The minimum Gasteiger partial charge on any atom is -0.379 e. The van der Waals surface area contributed by atoms with E-state index < -0.39 is 0 Å². The Hall–Kier alpha value is -1.39. The quantitative estimate of drug-likeness (QED) is 0.335. The number of nitrogens with one attached hydrogen (secondary N) is 2. The van der Waals surface area contributed by atoms with Gasteiger partial charge in [-0.1, -0.05) is 31.4 Å². The van der Waals surface area contributed by atoms with Gasteiger partial charge in [-0.25, -0.2) is 9.98 Å². The zero-order valence-corrected chi connectivity index (χ0v) is 21.2. The maximum absolute atomic E-state index is 5.62. The normalized spacial score (nSPS) is 19.7. The predicted octanol–water partition coefficient (Wildman–Crippen LogP) is 3.28. The molecule has 0 atom stereocenters. The van der Waals surface area contributed by atoms with Crippen molar-refractivity contribution in [1.82, 2.24) is 25.1 Å². The molecule has 1 aliphatic heterocycles. The van der Waals surface area contributed by atoms with Gasteiger partial charge < -0.3 is 19.9 Å². The van der Waals surface area contributed by atoms with Crippen LogP contribution in [0.25, 0.3) is 11.0 Å². The Morgan fingerprint density at radius 1 is 1.13 bits per heavy atom. The highest BCUT2D eigenvalue weighted by Gasteiger charge is 2.38. The van der Waals surface area contributed by atoms with E-state index in [4.69, 9.17) is 14.7 Å². The van der Waals surface area contributed by atoms with E-state index in [1.54, 1.807) is 0 Å². The molecule has 2 aromatic rings. The molecule has 31 heavy (non-hydrogen) atoms. The third kappa shape index (κ3) is 5.70. The van der Waals surface area contributed by atoms with Crippen LogP contribution in [0.5, 0.6) is 0 Å². The van der Waals surface area contributed by atoms with Gasteiger partial charge in [0.05, 0.1) is 24.2 Å². The summed E-state index contributed by atoms with van der Waals surface area (Å²) in [6.45, 7) is 8.23. The van der Waals surface area contributed by atoms with E-state index in [2.05, 4.69) is 52.3 Å². The molecule has 2 N–H and O–H groups in total. The van der Waals surface area contributed by atoms with Crippen molar-refractivity contribution in [2.45, 2.75) is 51.1 Å². The average Bonchev–Trinajstić information content (AvgIpc) is 3.12. The third-order valence-corrected chi connectivity index (χ3v) is 6.65. The first kappa shape index (κ1) is 24.3. The predicted molar refractivity (Wildman–Crippen MR) is 137 cm³/mol. The van der Waals surface area contributed by atoms with Crippen molar-refractivity contribution >= 4 is 41.0 Å². The lowest BCUT2D eigenvalue weighted by atomic mass is 9.80. The summed E-state index contributed by atoms with van der Waals surface area (Å²) in [5.74, 6) is 1.86. The van der Waals surface area contributed by atoms with Crippen molar-refractivity contribution in [3.63, 3.8) is 0 Å². The van der Waals surface area contributed by atoms with Crippen molar-refractivity contribution in [2.75, 3.05) is 39.4 Å². The lowest BCUT2D eigenvalue weighted by molar-refractivity contribution is -0.0352. The van der Waals surface area contributed by atoms with Crippen LogP contribution in [0.15, 0.2) is 29.3 Å². The molecular formula is C23H37IN6O. The monoisotopic (exact) mass is 540 g/mol. The van der Waals surface area contributed by atoms with Crippen LogP contribution < -0.4 is 10.6 Å². The summed E-state index contributed by atoms with van der Waals surface area (Å²) in [6.07, 6.45) is 6.49. The van der Waals surface area contributed by atoms with Gasteiger partial charge in [-0.2, -0.15) is 0 Å². The number of halogens is 1. The fraction of sp³-hybridized carbons (Fsp3) is 0.652. The zero-order valence-electron chi connectivity index (χ0n) is 18.9. The topological polar surface area (TPSA) is 66.7 Å². The Kier molecular flexibility index (Phi) is 8.97. The molecule has 0 amide bonds. The first-order valence-corrected chi connectivity index (χ1v) is 11.5. The van der Waals surface area contributed by atoms with Gasteiger partial charge >= 0.3 is 0 Å². The number of guanidine groups is 1. The van der Waals surface area contributed by atoms with Crippen molar-refractivity contribution in [2.24, 2.45) is 12.0 Å². The number of para-hydroxylation sites is 2. The molecule has 7 nitrogen and oxygen atoms in total. The highest BCUT2D eigenvalue weighted by atomic mass is 127. The number of imidazole rings is 1. The van der Waals surface area contributed by atoms with E-state index in [9.17, 15) is 0 Å². The average molecular weight is 540 g/mol. The fourth-order valence-corrected chi connectivity index (χ4v) is 4.93. The lowest BCUT2D eigenvalue weighted by Gasteiger charge is -2.48. The highest BCUT2D eigenvalue weighted by molar-refractivity contribution is 14.0. The number of hydrogen-bond acceptors (Lipinski definition) is 4. The molecule has 4 rings (SSSR count). The molecule has 2 heterocycles. The maximum atomic E-state index is 5.62. The van der Waals surface area contributed by atoms with E-state index in [-0.39, 0.29) is 29.5 Å². The Morgan fingerprint density at radius 2 is 1.87 bits per heavy atom. The fourth-order valence-electron chi connectivity index (χ4n) is 4.93. The molecular weight excluding hydrogens is 503 g/mol. The van der Waals surface area contributed by atoms with Crippen LogP contribution in [0.4, 0.5) is 0 Å². The van der Waals surface area contributed by atoms with E-state index in [0.29, 0.717) is 6.54 Å². The summed E-state index contributed by atoms with van der Waals surface area (Å²) in [5.41, 5.74) is 2.39. The van der Waals surface area contributed by atoms with Gasteiger partial charge in [0.25, 0.3) is 0 Å². The molecule has 1 saturated heterocycles. The molecule has 8 heteroatoms. The van der Waals surface area contributed by atoms with Crippen molar-refractivity contribution in [3.05, 3.63) is 30.1 Å². The SMILES string of the molecule is CCNC(=NCc1nc2ccccc2n1C)NCC1(N2CCOCC2)CCCCC1.I. The summed E-state index contributed by atoms with van der Waals surface area (Å²) in [6, 6.07) is 8.25. The summed E-state index contributed by atoms with van der Waals surface area (Å²) in [7, 11) is 2.07. The maximum Gasteiger partial charge on any atom is 0.191 e. The van der Waals surface area contributed by atoms with Gasteiger partial charge in [-0.05, 0) is 31.9 Å². The lowest BCUT2D eigenvalue weighted by Crippen LogP contribution is -2.60. The molecule has 2 fully saturated rings. The van der Waals surface area contributed by atoms with Gasteiger partial charge in [-0.3, -0.25) is 4.90 Å². The molecule has 1 aromatic carbocycles. The number of aromatic nitrogens is 2. The number of hydrogen-bond donors (Lipinski definition) is 2. The molecule has 1 saturated carbocycles. The number of aryl methyl sites for hydroxylation is 1. The second-order valence-corrected chi connectivity index (χ2v) is 8.51. The van der Waals surface area contributed by atoms with E-state index in [1.165, 1.54) is 32.1 Å². The number of ether oxygens (including phenoxy) is 1. The Balaban J connectivity index is 0.00000272. The minimum absolute atomic E-state index is 0. The van der Waals surface area contributed by atoms with Crippen molar-refractivity contribution < 1.29 is 4.74 Å². The van der Waals surface area contributed by atoms with Crippen molar-refractivity contribution in [1.29, 1.82) is 0 Å². The van der Waals surface area contributed by atoms with E-state index >= 15 is 0 Å². The summed E-state index contributed by atoms with van der Waals surface area (Å²) < 4.78 is 7.75. The standard InChI is InChI=1S/C23H36N6O.HI/c1-3-24-22(25-17-21-27-19-9-5-6-10-20(19)28(21)2)26-18-23(11-7-4-8-12-23)29-13-15-30-16-14-29;/h5-6,9-10H,3-4,7-8,11-18H2,1-2H3,(H2,24,25,26);1H. The molecule has 1 aliphatic carbocycles. The smallest absolute Gasteiger partial charge is 0.191 e. The van der Waals surface area contributed by atoms with Crippen LogP contribution in [0.1, 0.15) is 44.9 Å². The Morgan fingerprint density at radius 3 is 2.58 bits per heavy atom. The second kappa shape index (κ2) is 11.5. The minimum atomic E-state index is 0. The van der Waals surface area contributed by atoms with E-state index in [0.717, 1.165) is 62.2 Å². The summed E-state index contributed by atoms with van der Waals surface area (Å²) in [5, 5.41) is 7.10. The number of benzene rings is 1. The number of rotatable bonds is 6. The molecule has 2 aliphatic rings. The van der Waals surface area contributed by atoms with Crippen LogP contribution in [-0.2, 0) is 18.3 Å². The molecule has 0 radical (unpaired) electrons. The summed E-state index contributed by atoms with van der Waals surface area (Å²) >= 11 is 0. The van der Waals surface area contributed by atoms with Gasteiger partial charge in [0.2, 0.25) is 0 Å². The first-order valence-electron chi connectivity index (χ1n) is 11.5. The van der Waals surface area contributed by atoms with Gasteiger partial charge in [-0.15, -0.1) is 24.0 Å². The number of morpholine rings is 1. The van der Waals surface area contributed by atoms with Gasteiger partial charge in [0.1, 0.15) is 12.4 Å². The molecule has 0 bridgehead atoms. The molecule has 1 aromatic heterocycles. The Bertz CT molecular complexity index is 855. The summed E-state index contributed by atoms with van der Waals surface area (Å²) in [4.78, 5) is 12.3. The second-order valence-electron chi connectivity index (χ2n) is 8.51. The molecule has 172 valence electrons. The third-order valence-electron chi connectivity index (χ3n) is 6.65. The molecule has 0 spiro atoms. The van der Waals surface area contributed by atoms with Crippen molar-refractivity contribution in [3.8, 4) is 0 Å². The molecule has 0 unspecified atom stereocenters. The first-order chi connectivity index (χ1) is 14.7. The van der Waals surface area contributed by atoms with Crippen LogP contribution in [0.2, 0.25) is 0 Å². The van der Waals surface area contributed by atoms with Crippen LogP contribution in [0.3, 0.4) is 0 Å². The number of aliphatic imine (C=N–C) groups is 1. The van der Waals surface area contributed by atoms with Crippen LogP contribution in [-0.4, -0.2) is 65.3 Å². The highest BCUT2D eigenvalue weighted by Crippen LogP contribution is 2.33. The van der Waals surface area contributed by atoms with Gasteiger partial charge in [0, 0.05) is 38.8 Å². The zero-order chi connectivity index (χ0) is 20.8. The van der Waals surface area contributed by atoms with Gasteiger partial charge in [0.15, 0.2) is 5.96 Å². The number of fused-ring (bicyclic) bond motifs is 1.